The van der Waals surface area contributed by atoms with Crippen molar-refractivity contribution in [3.05, 3.63) is 33.7 Å². The van der Waals surface area contributed by atoms with Gasteiger partial charge < -0.3 is 4.42 Å². The first-order valence-corrected chi connectivity index (χ1v) is 4.92. The van der Waals surface area contributed by atoms with Crippen molar-refractivity contribution in [1.29, 1.82) is 0 Å². The molecule has 3 aromatic rings. The van der Waals surface area contributed by atoms with E-state index >= 15 is 0 Å². The van der Waals surface area contributed by atoms with E-state index in [-0.39, 0.29) is 5.63 Å². The monoisotopic (exact) mass is 215 g/mol. The molecule has 0 atom stereocenters. The quantitative estimate of drug-likeness (QED) is 0.579. The second kappa shape index (κ2) is 2.91. The van der Waals surface area contributed by atoms with Crippen molar-refractivity contribution in [2.45, 2.75) is 13.8 Å². The lowest BCUT2D eigenvalue weighted by Gasteiger charge is -2.03. The molecule has 0 aliphatic carbocycles. The van der Waals surface area contributed by atoms with Crippen molar-refractivity contribution in [1.82, 2.24) is 15.4 Å². The molecule has 0 aliphatic heterocycles. The first-order valence-electron chi connectivity index (χ1n) is 4.92. The van der Waals surface area contributed by atoms with E-state index in [1.165, 1.54) is 0 Å². The molecule has 80 valence electrons. The summed E-state index contributed by atoms with van der Waals surface area (Å²) in [6.07, 6.45) is 0. The zero-order valence-electron chi connectivity index (χ0n) is 8.87. The Balaban J connectivity index is 2.66. The zero-order valence-corrected chi connectivity index (χ0v) is 8.87. The molecule has 0 radical (unpaired) electrons. The average Bonchev–Trinajstić information content (AvgIpc) is 2.74. The van der Waals surface area contributed by atoms with Crippen LogP contribution in [-0.4, -0.2) is 15.4 Å². The standard InChI is InChI=1S/C11H9N3O2/c1-5-6(2)11(15)16-10-7(5)3-4-8-9(10)13-14-12-8/h3-4H,1-2H3,(H,12,13,14). The van der Waals surface area contributed by atoms with Crippen LogP contribution in [0.25, 0.3) is 22.0 Å². The molecule has 0 spiro atoms. The van der Waals surface area contributed by atoms with Crippen LogP contribution in [-0.2, 0) is 0 Å². The van der Waals surface area contributed by atoms with Crippen LogP contribution < -0.4 is 5.63 Å². The molecule has 1 N–H and O–H groups in total. The number of H-pyrrole nitrogens is 1. The SMILES string of the molecule is Cc1c(C)c2ccc3n[nH]nc3c2oc1=O. The molecule has 0 bridgehead atoms. The van der Waals surface area contributed by atoms with Gasteiger partial charge in [-0.25, -0.2) is 4.79 Å². The number of aryl methyl sites for hydroxylation is 1. The van der Waals surface area contributed by atoms with Crippen LogP contribution in [0.5, 0.6) is 0 Å². The Bertz CT molecular complexity index is 755. The summed E-state index contributed by atoms with van der Waals surface area (Å²) in [5.41, 5.74) is 3.03. The molecule has 5 heteroatoms. The Morgan fingerprint density at radius 3 is 2.81 bits per heavy atom. The third kappa shape index (κ3) is 1.02. The molecule has 0 saturated heterocycles. The molecule has 16 heavy (non-hydrogen) atoms. The lowest BCUT2D eigenvalue weighted by Crippen LogP contribution is -2.05. The number of fused-ring (bicyclic) bond motifs is 3. The molecule has 2 heterocycles. The molecular formula is C11H9N3O2. The normalized spacial score (nSPS) is 11.4. The Morgan fingerprint density at radius 2 is 2.00 bits per heavy atom. The van der Waals surface area contributed by atoms with Crippen molar-refractivity contribution in [2.24, 2.45) is 0 Å². The predicted molar refractivity (Wildman–Crippen MR) is 59.4 cm³/mol. The molecule has 0 aliphatic rings. The third-order valence-electron chi connectivity index (χ3n) is 2.91. The van der Waals surface area contributed by atoms with Crippen LogP contribution >= 0.6 is 0 Å². The Kier molecular flexibility index (Phi) is 1.65. The van der Waals surface area contributed by atoms with Gasteiger partial charge in [-0.2, -0.15) is 15.4 Å². The van der Waals surface area contributed by atoms with Crippen LogP contribution in [0.1, 0.15) is 11.1 Å². The minimum Gasteiger partial charge on any atom is -0.420 e. The maximum Gasteiger partial charge on any atom is 0.339 e. The summed E-state index contributed by atoms with van der Waals surface area (Å²) in [4.78, 5) is 11.6. The van der Waals surface area contributed by atoms with Crippen LogP contribution in [0.2, 0.25) is 0 Å². The largest absolute Gasteiger partial charge is 0.420 e. The van der Waals surface area contributed by atoms with Gasteiger partial charge >= 0.3 is 5.63 Å². The fourth-order valence-electron chi connectivity index (χ4n) is 1.81. The molecule has 1 aromatic carbocycles. The van der Waals surface area contributed by atoms with E-state index in [4.69, 9.17) is 4.42 Å². The first-order chi connectivity index (χ1) is 7.68. The predicted octanol–water partition coefficient (Wildman–Crippen LogP) is 1.68. The Hall–Kier alpha value is -2.17. The fourth-order valence-corrected chi connectivity index (χ4v) is 1.81. The van der Waals surface area contributed by atoms with Crippen LogP contribution in [0.3, 0.4) is 0 Å². The second-order valence-corrected chi connectivity index (χ2v) is 3.77. The van der Waals surface area contributed by atoms with E-state index in [1.54, 1.807) is 6.92 Å². The first kappa shape index (κ1) is 9.08. The van der Waals surface area contributed by atoms with Gasteiger partial charge in [-0.05, 0) is 31.5 Å². The third-order valence-corrected chi connectivity index (χ3v) is 2.91. The second-order valence-electron chi connectivity index (χ2n) is 3.77. The average molecular weight is 215 g/mol. The van der Waals surface area contributed by atoms with E-state index in [0.717, 1.165) is 10.9 Å². The maximum absolute atomic E-state index is 11.6. The van der Waals surface area contributed by atoms with Gasteiger partial charge in [-0.1, -0.05) is 0 Å². The summed E-state index contributed by atoms with van der Waals surface area (Å²) < 4.78 is 5.27. The lowest BCUT2D eigenvalue weighted by molar-refractivity contribution is 0.556. The van der Waals surface area contributed by atoms with Gasteiger partial charge in [0, 0.05) is 10.9 Å². The number of rotatable bonds is 0. The molecule has 5 nitrogen and oxygen atoms in total. The highest BCUT2D eigenvalue weighted by Gasteiger charge is 2.12. The van der Waals surface area contributed by atoms with Gasteiger partial charge in [0.1, 0.15) is 5.52 Å². The summed E-state index contributed by atoms with van der Waals surface area (Å²) in [5.74, 6) is 0. The van der Waals surface area contributed by atoms with Gasteiger partial charge in [-0.15, -0.1) is 0 Å². The summed E-state index contributed by atoms with van der Waals surface area (Å²) in [6.45, 7) is 3.66. The summed E-state index contributed by atoms with van der Waals surface area (Å²) in [7, 11) is 0. The van der Waals surface area contributed by atoms with Crippen molar-refractivity contribution >= 4 is 22.0 Å². The van der Waals surface area contributed by atoms with Gasteiger partial charge in [0.15, 0.2) is 11.1 Å². The maximum atomic E-state index is 11.6. The van der Waals surface area contributed by atoms with Crippen molar-refractivity contribution < 1.29 is 4.42 Å². The minimum atomic E-state index is -0.319. The highest BCUT2D eigenvalue weighted by atomic mass is 16.4. The molecule has 3 rings (SSSR count). The van der Waals surface area contributed by atoms with Crippen LogP contribution in [0.15, 0.2) is 21.3 Å². The number of hydrogen-bond donors (Lipinski definition) is 1. The Labute approximate surface area is 90.1 Å². The number of hydrogen-bond acceptors (Lipinski definition) is 4. The number of nitrogens with one attached hydrogen (secondary N) is 1. The van der Waals surface area contributed by atoms with E-state index < -0.39 is 0 Å². The Morgan fingerprint density at radius 1 is 1.19 bits per heavy atom. The summed E-state index contributed by atoms with van der Waals surface area (Å²) in [5, 5.41) is 11.4. The molecule has 0 unspecified atom stereocenters. The molecule has 2 aromatic heterocycles. The zero-order chi connectivity index (χ0) is 11.3. The number of aromatic nitrogens is 3. The van der Waals surface area contributed by atoms with E-state index in [2.05, 4.69) is 15.4 Å². The van der Waals surface area contributed by atoms with Gasteiger partial charge in [0.2, 0.25) is 0 Å². The van der Waals surface area contributed by atoms with Crippen molar-refractivity contribution in [2.75, 3.05) is 0 Å². The summed E-state index contributed by atoms with van der Waals surface area (Å²) >= 11 is 0. The highest BCUT2D eigenvalue weighted by Crippen LogP contribution is 2.24. The molecule has 0 saturated carbocycles. The van der Waals surface area contributed by atoms with Crippen LogP contribution in [0.4, 0.5) is 0 Å². The van der Waals surface area contributed by atoms with Gasteiger partial charge in [-0.3, -0.25) is 0 Å². The topological polar surface area (TPSA) is 71.8 Å². The smallest absolute Gasteiger partial charge is 0.339 e. The van der Waals surface area contributed by atoms with E-state index in [1.807, 2.05) is 19.1 Å². The molecule has 0 amide bonds. The van der Waals surface area contributed by atoms with E-state index in [0.29, 0.717) is 22.2 Å². The molecular weight excluding hydrogens is 206 g/mol. The summed E-state index contributed by atoms with van der Waals surface area (Å²) in [6, 6.07) is 3.75. The minimum absolute atomic E-state index is 0.319. The molecule has 0 fully saturated rings. The fraction of sp³-hybridized carbons (Fsp3) is 0.182. The van der Waals surface area contributed by atoms with Crippen molar-refractivity contribution in [3.63, 3.8) is 0 Å². The number of aromatic amines is 1. The van der Waals surface area contributed by atoms with Gasteiger partial charge in [0.05, 0.1) is 0 Å². The number of nitrogens with zero attached hydrogens (tertiary/aromatic N) is 2. The van der Waals surface area contributed by atoms with Crippen LogP contribution in [0, 0.1) is 13.8 Å². The number of benzene rings is 1. The lowest BCUT2D eigenvalue weighted by atomic mass is 10.1. The van der Waals surface area contributed by atoms with Crippen molar-refractivity contribution in [3.8, 4) is 0 Å². The highest BCUT2D eigenvalue weighted by molar-refractivity contribution is 6.01. The van der Waals surface area contributed by atoms with E-state index in [9.17, 15) is 4.79 Å². The van der Waals surface area contributed by atoms with Gasteiger partial charge in [0.25, 0.3) is 0 Å².